The average molecular weight is 346 g/mol. The number of hydrogen-bond acceptors (Lipinski definition) is 4. The molecule has 1 saturated heterocycles. The number of halogens is 1. The lowest BCUT2D eigenvalue weighted by Crippen LogP contribution is -2.21. The molecule has 0 atom stereocenters. The summed E-state index contributed by atoms with van der Waals surface area (Å²) in [6.45, 7) is 1.88. The SMILES string of the molecule is COc1cc(C(=O)c2ccc(Cl)cc2)c(N2CCCC2)cc1OC. The first kappa shape index (κ1) is 16.7. The third-order valence-corrected chi connectivity index (χ3v) is 4.55. The van der Waals surface area contributed by atoms with Crippen molar-refractivity contribution in [2.24, 2.45) is 0 Å². The van der Waals surface area contributed by atoms with Gasteiger partial charge in [-0.25, -0.2) is 0 Å². The number of ketones is 1. The molecule has 24 heavy (non-hydrogen) atoms. The van der Waals surface area contributed by atoms with Gasteiger partial charge < -0.3 is 14.4 Å². The Balaban J connectivity index is 2.09. The van der Waals surface area contributed by atoms with Gasteiger partial charge in [0, 0.05) is 35.3 Å². The molecule has 3 rings (SSSR count). The fourth-order valence-corrected chi connectivity index (χ4v) is 3.15. The minimum Gasteiger partial charge on any atom is -0.493 e. The molecule has 0 spiro atoms. The highest BCUT2D eigenvalue weighted by molar-refractivity contribution is 6.30. The van der Waals surface area contributed by atoms with Crippen molar-refractivity contribution < 1.29 is 14.3 Å². The topological polar surface area (TPSA) is 38.8 Å². The van der Waals surface area contributed by atoms with Crippen LogP contribution in [-0.2, 0) is 0 Å². The average Bonchev–Trinajstić information content (AvgIpc) is 3.15. The molecular formula is C19H20ClNO3. The molecule has 2 aromatic carbocycles. The molecule has 0 N–H and O–H groups in total. The molecule has 0 radical (unpaired) electrons. The highest BCUT2D eigenvalue weighted by Crippen LogP contribution is 2.37. The predicted octanol–water partition coefficient (Wildman–Crippen LogP) is 4.19. The van der Waals surface area contributed by atoms with Crippen LogP contribution in [0.2, 0.25) is 5.02 Å². The van der Waals surface area contributed by atoms with Crippen LogP contribution in [0.1, 0.15) is 28.8 Å². The van der Waals surface area contributed by atoms with E-state index in [1.54, 1.807) is 44.6 Å². The van der Waals surface area contributed by atoms with Gasteiger partial charge in [0.05, 0.1) is 19.9 Å². The molecule has 4 nitrogen and oxygen atoms in total. The third kappa shape index (κ3) is 3.20. The summed E-state index contributed by atoms with van der Waals surface area (Å²) < 4.78 is 10.8. The van der Waals surface area contributed by atoms with Gasteiger partial charge >= 0.3 is 0 Å². The van der Waals surface area contributed by atoms with Crippen LogP contribution in [0.5, 0.6) is 11.5 Å². The number of carbonyl (C=O) groups excluding carboxylic acids is 1. The number of ether oxygens (including phenoxy) is 2. The van der Waals surface area contributed by atoms with Crippen LogP contribution >= 0.6 is 11.6 Å². The Bertz CT molecular complexity index is 737. The number of rotatable bonds is 5. The molecule has 0 aliphatic carbocycles. The minimum absolute atomic E-state index is 0.0467. The van der Waals surface area contributed by atoms with E-state index in [9.17, 15) is 4.79 Å². The molecule has 1 fully saturated rings. The first-order chi connectivity index (χ1) is 11.6. The van der Waals surface area contributed by atoms with Crippen LogP contribution in [0, 0.1) is 0 Å². The Morgan fingerprint density at radius 2 is 1.58 bits per heavy atom. The first-order valence-electron chi connectivity index (χ1n) is 7.95. The number of benzene rings is 2. The van der Waals surface area contributed by atoms with Gasteiger partial charge in [-0.15, -0.1) is 0 Å². The summed E-state index contributed by atoms with van der Waals surface area (Å²) >= 11 is 5.93. The number of carbonyl (C=O) groups is 1. The second-order valence-corrected chi connectivity index (χ2v) is 6.19. The van der Waals surface area contributed by atoms with E-state index in [2.05, 4.69) is 4.90 Å². The maximum Gasteiger partial charge on any atom is 0.195 e. The zero-order valence-electron chi connectivity index (χ0n) is 13.8. The van der Waals surface area contributed by atoms with E-state index in [4.69, 9.17) is 21.1 Å². The molecule has 0 bridgehead atoms. The summed E-state index contributed by atoms with van der Waals surface area (Å²) in [5, 5.41) is 0.610. The zero-order valence-corrected chi connectivity index (χ0v) is 14.6. The van der Waals surface area contributed by atoms with Crippen LogP contribution in [-0.4, -0.2) is 33.1 Å². The lowest BCUT2D eigenvalue weighted by atomic mass is 10.00. The first-order valence-corrected chi connectivity index (χ1v) is 8.33. The lowest BCUT2D eigenvalue weighted by molar-refractivity contribution is 0.103. The van der Waals surface area contributed by atoms with Gasteiger partial charge in [0.25, 0.3) is 0 Å². The van der Waals surface area contributed by atoms with Gasteiger partial charge in [-0.1, -0.05) is 11.6 Å². The van der Waals surface area contributed by atoms with Crippen molar-refractivity contribution in [1.29, 1.82) is 0 Å². The maximum atomic E-state index is 13.0. The molecule has 1 heterocycles. The second kappa shape index (κ2) is 7.14. The van der Waals surface area contributed by atoms with Gasteiger partial charge in [-0.3, -0.25) is 4.79 Å². The van der Waals surface area contributed by atoms with Gasteiger partial charge in [0.15, 0.2) is 17.3 Å². The fraction of sp³-hybridized carbons (Fsp3) is 0.316. The summed E-state index contributed by atoms with van der Waals surface area (Å²) in [4.78, 5) is 15.3. The summed E-state index contributed by atoms with van der Waals surface area (Å²) in [7, 11) is 3.18. The summed E-state index contributed by atoms with van der Waals surface area (Å²) in [6.07, 6.45) is 2.26. The third-order valence-electron chi connectivity index (χ3n) is 4.30. The monoisotopic (exact) mass is 345 g/mol. The number of methoxy groups -OCH3 is 2. The van der Waals surface area contributed by atoms with Crippen molar-refractivity contribution in [3.63, 3.8) is 0 Å². The van der Waals surface area contributed by atoms with E-state index >= 15 is 0 Å². The van der Waals surface area contributed by atoms with E-state index in [1.807, 2.05) is 6.07 Å². The van der Waals surface area contributed by atoms with Crippen LogP contribution in [0.15, 0.2) is 36.4 Å². The molecule has 5 heteroatoms. The molecule has 0 aromatic heterocycles. The maximum absolute atomic E-state index is 13.0. The highest BCUT2D eigenvalue weighted by Gasteiger charge is 2.23. The quantitative estimate of drug-likeness (QED) is 0.762. The Morgan fingerprint density at radius 1 is 1.00 bits per heavy atom. The molecule has 1 aliphatic rings. The van der Waals surface area contributed by atoms with Crippen molar-refractivity contribution in [3.8, 4) is 11.5 Å². The fourth-order valence-electron chi connectivity index (χ4n) is 3.03. The standard InChI is InChI=1S/C19H20ClNO3/c1-23-17-11-15(19(22)13-5-7-14(20)8-6-13)16(12-18(17)24-2)21-9-3-4-10-21/h5-8,11-12H,3-4,9-10H2,1-2H3. The molecule has 0 unspecified atom stereocenters. The summed E-state index contributed by atoms with van der Waals surface area (Å²) in [5.41, 5.74) is 2.12. The van der Waals surface area contributed by atoms with Crippen LogP contribution in [0.25, 0.3) is 0 Å². The predicted molar refractivity (Wildman–Crippen MR) is 95.9 cm³/mol. The van der Waals surface area contributed by atoms with Gasteiger partial charge in [-0.2, -0.15) is 0 Å². The van der Waals surface area contributed by atoms with E-state index in [1.165, 1.54) is 0 Å². The molecule has 0 amide bonds. The molecule has 126 valence electrons. The number of nitrogens with zero attached hydrogens (tertiary/aromatic N) is 1. The Hall–Kier alpha value is -2.20. The minimum atomic E-state index is -0.0467. The van der Waals surface area contributed by atoms with Crippen LogP contribution < -0.4 is 14.4 Å². The molecule has 2 aromatic rings. The van der Waals surface area contributed by atoms with Crippen LogP contribution in [0.3, 0.4) is 0 Å². The number of anilines is 1. The number of hydrogen-bond donors (Lipinski definition) is 0. The summed E-state index contributed by atoms with van der Waals surface area (Å²) in [5.74, 6) is 1.14. The van der Waals surface area contributed by atoms with Crippen molar-refractivity contribution in [1.82, 2.24) is 0 Å². The van der Waals surface area contributed by atoms with E-state index in [0.29, 0.717) is 27.6 Å². The second-order valence-electron chi connectivity index (χ2n) is 5.75. The Labute approximate surface area is 146 Å². The molecular weight excluding hydrogens is 326 g/mol. The van der Waals surface area contributed by atoms with E-state index in [-0.39, 0.29) is 5.78 Å². The van der Waals surface area contributed by atoms with E-state index in [0.717, 1.165) is 31.6 Å². The molecule has 0 saturated carbocycles. The smallest absolute Gasteiger partial charge is 0.195 e. The lowest BCUT2D eigenvalue weighted by Gasteiger charge is -2.23. The van der Waals surface area contributed by atoms with Gasteiger partial charge in [-0.05, 0) is 43.2 Å². The van der Waals surface area contributed by atoms with E-state index < -0.39 is 0 Å². The van der Waals surface area contributed by atoms with Crippen molar-refractivity contribution in [3.05, 3.63) is 52.5 Å². The largest absolute Gasteiger partial charge is 0.493 e. The van der Waals surface area contributed by atoms with Gasteiger partial charge in [0.2, 0.25) is 0 Å². The highest BCUT2D eigenvalue weighted by atomic mass is 35.5. The van der Waals surface area contributed by atoms with Crippen LogP contribution in [0.4, 0.5) is 5.69 Å². The van der Waals surface area contributed by atoms with Crippen molar-refractivity contribution >= 4 is 23.1 Å². The van der Waals surface area contributed by atoms with Gasteiger partial charge in [0.1, 0.15) is 0 Å². The molecule has 1 aliphatic heterocycles. The Kier molecular flexibility index (Phi) is 4.95. The zero-order chi connectivity index (χ0) is 17.1. The van der Waals surface area contributed by atoms with Crippen molar-refractivity contribution in [2.75, 3.05) is 32.2 Å². The van der Waals surface area contributed by atoms with Crippen molar-refractivity contribution in [2.45, 2.75) is 12.8 Å². The normalized spacial score (nSPS) is 13.9. The summed E-state index contributed by atoms with van der Waals surface area (Å²) in [6, 6.07) is 10.6. The Morgan fingerprint density at radius 3 is 2.17 bits per heavy atom.